The fraction of sp³-hybridized carbons (Fsp3) is 0.727. The lowest BCUT2D eigenvalue weighted by Crippen LogP contribution is -2.52. The number of carbonyl (C=O) groups excluding carboxylic acids is 2. The van der Waals surface area contributed by atoms with Gasteiger partial charge in [-0.15, -0.1) is 0 Å². The summed E-state index contributed by atoms with van der Waals surface area (Å²) >= 11 is 0. The second kappa shape index (κ2) is 7.93. The molecule has 2 amide bonds. The molecule has 0 aliphatic heterocycles. The molecule has 4 N–H and O–H groups in total. The maximum Gasteiger partial charge on any atom is 0.323 e. The quantitative estimate of drug-likeness (QED) is 0.463. The third-order valence-corrected chi connectivity index (χ3v) is 3.06. The molecule has 0 bridgehead atoms. The van der Waals surface area contributed by atoms with Gasteiger partial charge in [-0.3, -0.25) is 14.4 Å². The molecule has 0 spiro atoms. The standard InChI is InChI=1S/C11H21N3O6S/c1-7(2)4-8(13-21(3,19)20)11(18)14(5-9(12)15)6-10(16)17/h7-8,13H,4-6H2,1-3H3,(H2,12,15)(H,16,17). The predicted octanol–water partition coefficient (Wildman–Crippen LogP) is -1.65. The van der Waals surface area contributed by atoms with E-state index in [4.69, 9.17) is 10.8 Å². The molecule has 0 aromatic heterocycles. The van der Waals surface area contributed by atoms with Crippen LogP contribution in [0, 0.1) is 5.92 Å². The van der Waals surface area contributed by atoms with Crippen molar-refractivity contribution in [2.24, 2.45) is 11.7 Å². The van der Waals surface area contributed by atoms with E-state index >= 15 is 0 Å². The Labute approximate surface area is 123 Å². The lowest BCUT2D eigenvalue weighted by atomic mass is 10.0. The van der Waals surface area contributed by atoms with Crippen LogP contribution in [0.1, 0.15) is 20.3 Å². The average molecular weight is 323 g/mol. The second-order valence-corrected chi connectivity index (χ2v) is 6.91. The number of carbonyl (C=O) groups is 3. The summed E-state index contributed by atoms with van der Waals surface area (Å²) < 4.78 is 24.8. The molecular formula is C11H21N3O6S. The number of hydrogen-bond donors (Lipinski definition) is 3. The van der Waals surface area contributed by atoms with Gasteiger partial charge in [0.25, 0.3) is 0 Å². The molecule has 0 radical (unpaired) electrons. The Morgan fingerprint density at radius 2 is 1.76 bits per heavy atom. The van der Waals surface area contributed by atoms with Crippen molar-refractivity contribution in [2.75, 3.05) is 19.3 Å². The van der Waals surface area contributed by atoms with Gasteiger partial charge in [0, 0.05) is 0 Å². The smallest absolute Gasteiger partial charge is 0.323 e. The van der Waals surface area contributed by atoms with E-state index in [9.17, 15) is 22.8 Å². The molecular weight excluding hydrogens is 302 g/mol. The molecule has 0 rings (SSSR count). The normalized spacial score (nSPS) is 13.0. The summed E-state index contributed by atoms with van der Waals surface area (Å²) in [5, 5.41) is 8.76. The van der Waals surface area contributed by atoms with Crippen molar-refractivity contribution in [3.05, 3.63) is 0 Å². The minimum Gasteiger partial charge on any atom is -0.480 e. The molecule has 1 unspecified atom stereocenters. The van der Waals surface area contributed by atoms with Crippen LogP contribution in [0.2, 0.25) is 0 Å². The number of aliphatic carboxylic acids is 1. The highest BCUT2D eigenvalue weighted by molar-refractivity contribution is 7.88. The van der Waals surface area contributed by atoms with Crippen molar-refractivity contribution < 1.29 is 27.9 Å². The van der Waals surface area contributed by atoms with Gasteiger partial charge in [0.15, 0.2) is 0 Å². The van der Waals surface area contributed by atoms with Crippen LogP contribution in [0.15, 0.2) is 0 Å². The number of nitrogens with zero attached hydrogens (tertiary/aromatic N) is 1. The second-order valence-electron chi connectivity index (χ2n) is 5.13. The molecule has 0 aliphatic carbocycles. The predicted molar refractivity (Wildman–Crippen MR) is 74.6 cm³/mol. The number of carboxylic acid groups (broad SMARTS) is 1. The van der Waals surface area contributed by atoms with Crippen molar-refractivity contribution in [1.82, 2.24) is 9.62 Å². The molecule has 9 nitrogen and oxygen atoms in total. The number of carboxylic acids is 1. The molecule has 0 aromatic carbocycles. The third kappa shape index (κ3) is 8.97. The van der Waals surface area contributed by atoms with E-state index in [2.05, 4.69) is 4.72 Å². The maximum absolute atomic E-state index is 12.3. The Kier molecular flexibility index (Phi) is 7.30. The van der Waals surface area contributed by atoms with E-state index in [0.29, 0.717) is 0 Å². The Morgan fingerprint density at radius 1 is 1.24 bits per heavy atom. The summed E-state index contributed by atoms with van der Waals surface area (Å²) in [5.74, 6) is -3.02. The van der Waals surface area contributed by atoms with Gasteiger partial charge >= 0.3 is 5.97 Å². The molecule has 122 valence electrons. The number of rotatable bonds is 9. The molecule has 0 saturated heterocycles. The van der Waals surface area contributed by atoms with Crippen molar-refractivity contribution >= 4 is 27.8 Å². The third-order valence-electron chi connectivity index (χ3n) is 2.35. The highest BCUT2D eigenvalue weighted by Gasteiger charge is 2.29. The Balaban J connectivity index is 5.25. The molecule has 0 heterocycles. The van der Waals surface area contributed by atoms with E-state index < -0.39 is 46.9 Å². The first kappa shape index (κ1) is 19.3. The largest absolute Gasteiger partial charge is 0.480 e. The fourth-order valence-corrected chi connectivity index (χ4v) is 2.43. The zero-order chi connectivity index (χ0) is 16.8. The minimum atomic E-state index is -3.67. The number of nitrogens with two attached hydrogens (primary N) is 1. The summed E-state index contributed by atoms with van der Waals surface area (Å²) in [4.78, 5) is 34.6. The van der Waals surface area contributed by atoms with E-state index in [1.807, 2.05) is 0 Å². The van der Waals surface area contributed by atoms with Gasteiger partial charge in [0.2, 0.25) is 21.8 Å². The molecule has 10 heteroatoms. The Bertz CT molecular complexity index is 486. The van der Waals surface area contributed by atoms with Crippen LogP contribution < -0.4 is 10.5 Å². The van der Waals surface area contributed by atoms with Crippen LogP contribution in [0.4, 0.5) is 0 Å². The molecule has 0 fully saturated rings. The SMILES string of the molecule is CC(C)CC(NS(C)(=O)=O)C(=O)N(CC(N)=O)CC(=O)O. The molecule has 0 saturated carbocycles. The number of hydrogen-bond acceptors (Lipinski definition) is 5. The van der Waals surface area contributed by atoms with Crippen LogP contribution in [-0.2, 0) is 24.4 Å². The van der Waals surface area contributed by atoms with Crippen LogP contribution in [0.3, 0.4) is 0 Å². The topological polar surface area (TPSA) is 147 Å². The summed E-state index contributed by atoms with van der Waals surface area (Å²) in [6.45, 7) is 2.23. The van der Waals surface area contributed by atoms with Gasteiger partial charge in [0.05, 0.1) is 12.8 Å². The highest BCUT2D eigenvalue weighted by atomic mass is 32.2. The summed E-state index contributed by atoms with van der Waals surface area (Å²) in [7, 11) is -3.67. The zero-order valence-corrected chi connectivity index (χ0v) is 13.0. The summed E-state index contributed by atoms with van der Waals surface area (Å²) in [6, 6.07) is -1.14. The molecule has 21 heavy (non-hydrogen) atoms. The van der Waals surface area contributed by atoms with Crippen LogP contribution in [-0.4, -0.2) is 61.6 Å². The highest BCUT2D eigenvalue weighted by Crippen LogP contribution is 2.09. The number of primary amides is 1. The first-order valence-electron chi connectivity index (χ1n) is 6.18. The molecule has 1 atom stereocenters. The summed E-state index contributed by atoms with van der Waals surface area (Å²) in [5.41, 5.74) is 4.97. The van der Waals surface area contributed by atoms with Crippen LogP contribution in [0.25, 0.3) is 0 Å². The van der Waals surface area contributed by atoms with Gasteiger partial charge in [-0.1, -0.05) is 13.8 Å². The lowest BCUT2D eigenvalue weighted by molar-refractivity contribution is -0.146. The average Bonchev–Trinajstić information content (AvgIpc) is 2.22. The van der Waals surface area contributed by atoms with Crippen LogP contribution in [0.5, 0.6) is 0 Å². The van der Waals surface area contributed by atoms with Gasteiger partial charge in [-0.2, -0.15) is 0 Å². The van der Waals surface area contributed by atoms with E-state index in [-0.39, 0.29) is 12.3 Å². The van der Waals surface area contributed by atoms with E-state index in [1.54, 1.807) is 13.8 Å². The van der Waals surface area contributed by atoms with E-state index in [1.165, 1.54) is 0 Å². The maximum atomic E-state index is 12.3. The van der Waals surface area contributed by atoms with E-state index in [0.717, 1.165) is 11.2 Å². The van der Waals surface area contributed by atoms with Crippen LogP contribution >= 0.6 is 0 Å². The van der Waals surface area contributed by atoms with Crippen molar-refractivity contribution in [2.45, 2.75) is 26.3 Å². The lowest BCUT2D eigenvalue weighted by Gasteiger charge is -2.26. The molecule has 0 aromatic rings. The monoisotopic (exact) mass is 323 g/mol. The van der Waals surface area contributed by atoms with Gasteiger partial charge < -0.3 is 15.7 Å². The van der Waals surface area contributed by atoms with Crippen molar-refractivity contribution in [1.29, 1.82) is 0 Å². The Morgan fingerprint density at radius 3 is 2.10 bits per heavy atom. The van der Waals surface area contributed by atoms with Gasteiger partial charge in [0.1, 0.15) is 12.6 Å². The first-order valence-corrected chi connectivity index (χ1v) is 8.07. The fourth-order valence-electron chi connectivity index (χ4n) is 1.71. The van der Waals surface area contributed by atoms with Crippen molar-refractivity contribution in [3.8, 4) is 0 Å². The number of sulfonamides is 1. The zero-order valence-electron chi connectivity index (χ0n) is 12.2. The summed E-state index contributed by atoms with van der Waals surface area (Å²) in [6.07, 6.45) is 1.06. The van der Waals surface area contributed by atoms with Gasteiger partial charge in [-0.25, -0.2) is 13.1 Å². The number of nitrogens with one attached hydrogen (secondary N) is 1. The number of amides is 2. The van der Waals surface area contributed by atoms with Crippen molar-refractivity contribution in [3.63, 3.8) is 0 Å². The minimum absolute atomic E-state index is 0.0199. The van der Waals surface area contributed by atoms with Gasteiger partial charge in [-0.05, 0) is 12.3 Å². The molecule has 0 aliphatic rings. The first-order chi connectivity index (χ1) is 9.42. The Hall–Kier alpha value is -1.68.